The second-order valence-corrected chi connectivity index (χ2v) is 9.05. The first-order valence-electron chi connectivity index (χ1n) is 10.4. The molecule has 4 heterocycles. The van der Waals surface area contributed by atoms with E-state index in [4.69, 9.17) is 19.2 Å². The number of nitrogens with zero attached hydrogens (tertiary/aromatic N) is 5. The van der Waals surface area contributed by atoms with Gasteiger partial charge in [-0.25, -0.2) is 4.98 Å². The summed E-state index contributed by atoms with van der Waals surface area (Å²) in [5, 5.41) is 19.6. The Morgan fingerprint density at radius 2 is 2.19 bits per heavy atom. The molecular formula is C22H21N5O4S. The lowest BCUT2D eigenvalue weighted by molar-refractivity contribution is -0.0795. The fourth-order valence-electron chi connectivity index (χ4n) is 4.36. The van der Waals surface area contributed by atoms with E-state index in [1.807, 2.05) is 11.0 Å². The van der Waals surface area contributed by atoms with E-state index in [0.29, 0.717) is 66.1 Å². The van der Waals surface area contributed by atoms with Gasteiger partial charge in [0.15, 0.2) is 6.19 Å². The number of ether oxygens (including phenoxy) is 3. The van der Waals surface area contributed by atoms with E-state index in [0.717, 1.165) is 5.69 Å². The van der Waals surface area contributed by atoms with Crippen molar-refractivity contribution in [1.82, 2.24) is 14.8 Å². The van der Waals surface area contributed by atoms with Crippen molar-refractivity contribution in [2.75, 3.05) is 33.5 Å². The maximum Gasteiger partial charge on any atom is 0.266 e. The molecule has 3 aliphatic heterocycles. The van der Waals surface area contributed by atoms with Gasteiger partial charge in [0.2, 0.25) is 0 Å². The van der Waals surface area contributed by atoms with E-state index in [1.54, 1.807) is 24.1 Å². The van der Waals surface area contributed by atoms with Gasteiger partial charge in [-0.15, -0.1) is 11.3 Å². The van der Waals surface area contributed by atoms with Gasteiger partial charge in [0, 0.05) is 13.7 Å². The maximum atomic E-state index is 13.2. The maximum absolute atomic E-state index is 13.2. The molecule has 1 aromatic heterocycles. The molecule has 2 fully saturated rings. The van der Waals surface area contributed by atoms with Crippen molar-refractivity contribution in [3.05, 3.63) is 34.3 Å². The number of aromatic nitrogens is 1. The molecule has 164 valence electrons. The van der Waals surface area contributed by atoms with Crippen molar-refractivity contribution < 1.29 is 19.0 Å². The third-order valence-corrected chi connectivity index (χ3v) is 7.17. The highest BCUT2D eigenvalue weighted by Gasteiger charge is 2.42. The Morgan fingerprint density at radius 3 is 2.84 bits per heavy atom. The molecule has 32 heavy (non-hydrogen) atoms. The molecular weight excluding hydrogens is 430 g/mol. The van der Waals surface area contributed by atoms with Crippen LogP contribution in [0, 0.1) is 22.8 Å². The van der Waals surface area contributed by atoms with Gasteiger partial charge >= 0.3 is 0 Å². The lowest BCUT2D eigenvalue weighted by atomic mass is 10.1. The zero-order chi connectivity index (χ0) is 22.2. The molecule has 5 rings (SSSR count). The standard InChI is InChI=1S/C22H21N5O4S/c1-29-9-15-5-14(7-26(15)12-24)27-8-18-20(22(27)28)32-21(25-18)17-4-2-3-13(6-23)19(17)31-16-10-30-11-16/h2-4,14-16H,5,7-11H2,1H3/t14-,15+/m1/s1. The molecule has 0 N–H and O–H groups in total. The van der Waals surface area contributed by atoms with Crippen LogP contribution in [-0.2, 0) is 16.0 Å². The number of fused-ring (bicyclic) bond motifs is 1. The molecule has 0 aliphatic carbocycles. The van der Waals surface area contributed by atoms with Crippen molar-refractivity contribution in [3.8, 4) is 28.6 Å². The van der Waals surface area contributed by atoms with Crippen LogP contribution in [0.3, 0.4) is 0 Å². The highest BCUT2D eigenvalue weighted by molar-refractivity contribution is 7.17. The number of rotatable bonds is 6. The lowest BCUT2D eigenvalue weighted by Gasteiger charge is -2.28. The Bertz CT molecular complexity index is 1130. The average Bonchev–Trinajstić information content (AvgIpc) is 3.45. The van der Waals surface area contributed by atoms with Crippen molar-refractivity contribution in [3.63, 3.8) is 0 Å². The van der Waals surface area contributed by atoms with Crippen LogP contribution in [0.1, 0.15) is 27.3 Å². The van der Waals surface area contributed by atoms with Gasteiger partial charge in [-0.05, 0) is 18.6 Å². The van der Waals surface area contributed by atoms with Gasteiger partial charge in [-0.1, -0.05) is 6.07 Å². The van der Waals surface area contributed by atoms with Crippen LogP contribution >= 0.6 is 11.3 Å². The highest BCUT2D eigenvalue weighted by Crippen LogP contribution is 2.41. The van der Waals surface area contributed by atoms with Crippen LogP contribution in [0.15, 0.2) is 18.2 Å². The summed E-state index contributed by atoms with van der Waals surface area (Å²) in [6.45, 7) is 2.36. The van der Waals surface area contributed by atoms with E-state index >= 15 is 0 Å². The second-order valence-electron chi connectivity index (χ2n) is 8.05. The zero-order valence-electron chi connectivity index (χ0n) is 17.5. The first kappa shape index (κ1) is 20.7. The van der Waals surface area contributed by atoms with Crippen LogP contribution in [-0.4, -0.2) is 72.4 Å². The minimum absolute atomic E-state index is 0.0196. The topological polar surface area (TPSA) is 112 Å². The number of carbonyl (C=O) groups excluding carboxylic acids is 1. The molecule has 0 radical (unpaired) electrons. The third-order valence-electron chi connectivity index (χ3n) is 6.05. The summed E-state index contributed by atoms with van der Waals surface area (Å²) in [7, 11) is 1.62. The van der Waals surface area contributed by atoms with E-state index < -0.39 is 0 Å². The minimum atomic E-state index is -0.0855. The Balaban J connectivity index is 1.39. The van der Waals surface area contributed by atoms with Gasteiger partial charge in [0.1, 0.15) is 27.8 Å². The van der Waals surface area contributed by atoms with E-state index in [2.05, 4.69) is 12.3 Å². The minimum Gasteiger partial charge on any atom is -0.483 e. The molecule has 2 atom stereocenters. The first-order valence-corrected chi connectivity index (χ1v) is 11.2. The van der Waals surface area contributed by atoms with Crippen molar-refractivity contribution in [2.45, 2.75) is 31.2 Å². The molecule has 0 saturated carbocycles. The van der Waals surface area contributed by atoms with E-state index in [1.165, 1.54) is 11.3 Å². The van der Waals surface area contributed by atoms with E-state index in [9.17, 15) is 15.3 Å². The van der Waals surface area contributed by atoms with Crippen LogP contribution in [0.25, 0.3) is 10.6 Å². The number of thiazole rings is 1. The number of benzene rings is 1. The van der Waals surface area contributed by atoms with Gasteiger partial charge in [-0.3, -0.25) is 4.79 Å². The summed E-state index contributed by atoms with van der Waals surface area (Å²) in [6, 6.07) is 7.48. The summed E-state index contributed by atoms with van der Waals surface area (Å²) >= 11 is 1.32. The largest absolute Gasteiger partial charge is 0.483 e. The summed E-state index contributed by atoms with van der Waals surface area (Å²) in [5.74, 6) is 0.430. The Hall–Kier alpha value is -3.18. The van der Waals surface area contributed by atoms with Crippen molar-refractivity contribution >= 4 is 17.2 Å². The fraction of sp³-hybridized carbons (Fsp3) is 0.455. The number of amides is 1. The SMILES string of the molecule is COC[C@@H]1C[C@@H](N2Cc3nc(-c4cccc(C#N)c4OC4COC4)sc3C2=O)CN1C#N. The number of carbonyl (C=O) groups is 1. The molecule has 2 aromatic rings. The molecule has 1 aromatic carbocycles. The Morgan fingerprint density at radius 1 is 1.34 bits per heavy atom. The van der Waals surface area contributed by atoms with Crippen molar-refractivity contribution in [2.24, 2.45) is 0 Å². The third kappa shape index (κ3) is 3.47. The van der Waals surface area contributed by atoms with Gasteiger partial charge in [-0.2, -0.15) is 10.5 Å². The summed E-state index contributed by atoms with van der Waals surface area (Å²) in [5.41, 5.74) is 1.88. The van der Waals surface area contributed by atoms with Crippen LogP contribution in [0.2, 0.25) is 0 Å². The molecule has 0 unspecified atom stereocenters. The smallest absolute Gasteiger partial charge is 0.266 e. The number of methoxy groups -OCH3 is 1. The number of hydrogen-bond donors (Lipinski definition) is 0. The van der Waals surface area contributed by atoms with Gasteiger partial charge in [0.05, 0.1) is 55.3 Å². The molecule has 0 bridgehead atoms. The first-order chi connectivity index (χ1) is 15.6. The number of likely N-dealkylation sites (tertiary alicyclic amines) is 1. The van der Waals surface area contributed by atoms with Crippen molar-refractivity contribution in [1.29, 1.82) is 10.5 Å². The molecule has 3 aliphatic rings. The fourth-order valence-corrected chi connectivity index (χ4v) is 5.41. The predicted octanol–water partition coefficient (Wildman–Crippen LogP) is 1.99. The van der Waals surface area contributed by atoms with Gasteiger partial charge in [0.25, 0.3) is 5.91 Å². The summed E-state index contributed by atoms with van der Waals surface area (Å²) < 4.78 is 16.4. The molecule has 2 saturated heterocycles. The van der Waals surface area contributed by atoms with Crippen LogP contribution < -0.4 is 4.74 Å². The Kier molecular flexibility index (Phi) is 5.43. The normalized spacial score (nSPS) is 22.4. The predicted molar refractivity (Wildman–Crippen MR) is 114 cm³/mol. The Labute approximate surface area is 189 Å². The zero-order valence-corrected chi connectivity index (χ0v) is 18.3. The lowest BCUT2D eigenvalue weighted by Crippen LogP contribution is -2.38. The number of nitriles is 2. The monoisotopic (exact) mass is 451 g/mol. The van der Waals surface area contributed by atoms with E-state index in [-0.39, 0.29) is 24.1 Å². The van der Waals surface area contributed by atoms with Gasteiger partial charge < -0.3 is 24.0 Å². The molecule has 0 spiro atoms. The van der Waals surface area contributed by atoms with Crippen LogP contribution in [0.4, 0.5) is 0 Å². The molecule has 9 nitrogen and oxygen atoms in total. The second kappa shape index (κ2) is 8.40. The summed E-state index contributed by atoms with van der Waals surface area (Å²) in [6.07, 6.45) is 2.82. The van der Waals surface area contributed by atoms with Crippen LogP contribution in [0.5, 0.6) is 5.75 Å². The highest BCUT2D eigenvalue weighted by atomic mass is 32.1. The molecule has 10 heteroatoms. The quantitative estimate of drug-likeness (QED) is 0.613. The summed E-state index contributed by atoms with van der Waals surface area (Å²) in [4.78, 5) is 22.1. The molecule has 1 amide bonds. The number of hydrogen-bond acceptors (Lipinski definition) is 9. The average molecular weight is 452 g/mol. The number of para-hydroxylation sites is 1.